The number of carbonyl (C=O) groups excluding carboxylic acids is 1. The normalized spacial score (nSPS) is 12.4. The molecule has 0 aliphatic carbocycles. The summed E-state index contributed by atoms with van der Waals surface area (Å²) in [4.78, 5) is 15.8. The quantitative estimate of drug-likeness (QED) is 0.206. The zero-order valence-electron chi connectivity index (χ0n) is 13.5. The number of benzene rings is 1. The third-order valence-electron chi connectivity index (χ3n) is 2.91. The Morgan fingerprint density at radius 2 is 2.11 bits per heavy atom. The number of hydrazine groups is 1. The fraction of sp³-hybridized carbons (Fsp3) is 0.143. The molecular formula is C14H12ClF3N4O3S2. The summed E-state index contributed by atoms with van der Waals surface area (Å²) in [5.74, 6) is 3.99. The van der Waals surface area contributed by atoms with E-state index in [1.807, 2.05) is 0 Å². The van der Waals surface area contributed by atoms with Crippen LogP contribution < -0.4 is 21.7 Å². The Morgan fingerprint density at radius 1 is 1.41 bits per heavy atom. The molecule has 1 heterocycles. The van der Waals surface area contributed by atoms with E-state index in [0.29, 0.717) is 15.6 Å². The van der Waals surface area contributed by atoms with E-state index in [0.717, 1.165) is 17.8 Å². The van der Waals surface area contributed by atoms with Crippen LogP contribution in [-0.4, -0.2) is 24.4 Å². The van der Waals surface area contributed by atoms with Crippen molar-refractivity contribution >= 4 is 40.7 Å². The Morgan fingerprint density at radius 3 is 2.67 bits per heavy atom. The van der Waals surface area contributed by atoms with Gasteiger partial charge in [-0.25, -0.2) is 9.78 Å². The fourth-order valence-corrected chi connectivity index (χ4v) is 3.74. The number of methoxy groups -OCH3 is 1. The minimum absolute atomic E-state index is 0.0391. The van der Waals surface area contributed by atoms with Crippen molar-refractivity contribution in [3.05, 3.63) is 39.3 Å². The topological polar surface area (TPSA) is 112 Å². The van der Waals surface area contributed by atoms with Crippen molar-refractivity contribution in [2.24, 2.45) is 11.6 Å². The Kier molecular flexibility index (Phi) is 6.81. The Balaban J connectivity index is 2.22. The lowest BCUT2D eigenvalue weighted by Gasteiger charge is -2.10. The van der Waals surface area contributed by atoms with Crippen LogP contribution in [0.15, 0.2) is 38.6 Å². The minimum atomic E-state index is -4.84. The second-order valence-electron chi connectivity index (χ2n) is 4.67. The number of ether oxygens (including phenoxy) is 2. The highest BCUT2D eigenvalue weighted by atomic mass is 35.5. The van der Waals surface area contributed by atoms with Crippen LogP contribution in [0.2, 0.25) is 5.02 Å². The molecule has 2 rings (SSSR count). The number of thioether (sulfide) groups is 1. The van der Waals surface area contributed by atoms with Gasteiger partial charge in [0.05, 0.1) is 17.8 Å². The summed E-state index contributed by atoms with van der Waals surface area (Å²) in [7, 11) is 1.18. The van der Waals surface area contributed by atoms with E-state index >= 15 is 0 Å². The first-order valence-corrected chi connectivity index (χ1v) is 8.95. The molecule has 0 atom stereocenters. The monoisotopic (exact) mass is 440 g/mol. The third-order valence-corrected chi connectivity index (χ3v) is 5.07. The van der Waals surface area contributed by atoms with Gasteiger partial charge in [-0.3, -0.25) is 5.84 Å². The van der Waals surface area contributed by atoms with E-state index in [-0.39, 0.29) is 15.7 Å². The van der Waals surface area contributed by atoms with Gasteiger partial charge >= 0.3 is 12.3 Å². The largest absolute Gasteiger partial charge is 0.573 e. The summed E-state index contributed by atoms with van der Waals surface area (Å²) in [6.07, 6.45) is -4.84. The summed E-state index contributed by atoms with van der Waals surface area (Å²) in [6.45, 7) is 0. The van der Waals surface area contributed by atoms with Gasteiger partial charge in [-0.1, -0.05) is 11.6 Å². The van der Waals surface area contributed by atoms with Crippen molar-refractivity contribution in [3.8, 4) is 17.0 Å². The number of hydrogen-bond acceptors (Lipinski definition) is 9. The minimum Gasteiger partial charge on any atom is -0.464 e. The maximum absolute atomic E-state index is 12.3. The molecule has 5 N–H and O–H groups in total. The van der Waals surface area contributed by atoms with Gasteiger partial charge in [-0.15, -0.1) is 24.5 Å². The molecule has 0 aliphatic rings. The zero-order valence-corrected chi connectivity index (χ0v) is 15.9. The summed E-state index contributed by atoms with van der Waals surface area (Å²) in [5.41, 5.74) is 8.77. The molecule has 27 heavy (non-hydrogen) atoms. The van der Waals surface area contributed by atoms with E-state index in [9.17, 15) is 18.0 Å². The standard InChI is InChI=1S/C14H12ClF3N4O3S2/c1-24-12(23)10(22-20)11(19)27-13-21-8(5-26-13)6-2-3-9(7(15)4-6)25-14(16,17)18/h2-5,22H,19-20H2,1H3/b11-10+. The van der Waals surface area contributed by atoms with Gasteiger partial charge < -0.3 is 20.6 Å². The summed E-state index contributed by atoms with van der Waals surface area (Å²) < 4.78 is 45.7. The molecule has 7 nitrogen and oxygen atoms in total. The van der Waals surface area contributed by atoms with Gasteiger partial charge in [-0.2, -0.15) is 0 Å². The molecule has 0 bridgehead atoms. The van der Waals surface area contributed by atoms with E-state index in [2.05, 4.69) is 19.9 Å². The van der Waals surface area contributed by atoms with Gasteiger partial charge in [0.15, 0.2) is 10.0 Å². The maximum Gasteiger partial charge on any atom is 0.573 e. The third kappa shape index (κ3) is 5.66. The molecule has 0 fully saturated rings. The van der Waals surface area contributed by atoms with Crippen molar-refractivity contribution in [2.45, 2.75) is 10.7 Å². The second kappa shape index (κ2) is 8.69. The van der Waals surface area contributed by atoms with E-state index in [1.54, 1.807) is 5.38 Å². The molecule has 0 aliphatic heterocycles. The lowest BCUT2D eigenvalue weighted by atomic mass is 10.2. The van der Waals surface area contributed by atoms with Crippen LogP contribution >= 0.6 is 34.7 Å². The predicted molar refractivity (Wildman–Crippen MR) is 95.7 cm³/mol. The number of rotatable bonds is 6. The van der Waals surface area contributed by atoms with Crippen LogP contribution in [0.3, 0.4) is 0 Å². The van der Waals surface area contributed by atoms with Crippen LogP contribution in [0.25, 0.3) is 11.3 Å². The van der Waals surface area contributed by atoms with Gasteiger partial charge in [0.1, 0.15) is 10.8 Å². The molecule has 1 aromatic heterocycles. The summed E-state index contributed by atoms with van der Waals surface area (Å²) >= 11 is 8.00. The Bertz CT molecular complexity index is 874. The van der Waals surface area contributed by atoms with Gasteiger partial charge in [-0.05, 0) is 30.0 Å². The number of carbonyl (C=O) groups is 1. The van der Waals surface area contributed by atoms with E-state index < -0.39 is 18.1 Å². The number of nitrogens with two attached hydrogens (primary N) is 2. The molecule has 0 saturated heterocycles. The first-order chi connectivity index (χ1) is 12.6. The number of hydrogen-bond donors (Lipinski definition) is 3. The van der Waals surface area contributed by atoms with Crippen molar-refractivity contribution in [1.29, 1.82) is 0 Å². The van der Waals surface area contributed by atoms with Crippen molar-refractivity contribution in [3.63, 3.8) is 0 Å². The molecule has 146 valence electrons. The summed E-state index contributed by atoms with van der Waals surface area (Å²) in [5, 5.41) is 1.48. The van der Waals surface area contributed by atoms with E-state index in [1.165, 1.54) is 30.6 Å². The number of halogens is 4. The van der Waals surface area contributed by atoms with Crippen molar-refractivity contribution in [2.75, 3.05) is 7.11 Å². The Hall–Kier alpha value is -2.15. The molecule has 1 aromatic carbocycles. The van der Waals surface area contributed by atoms with Gasteiger partial charge in [0.25, 0.3) is 0 Å². The van der Waals surface area contributed by atoms with Crippen LogP contribution in [0.4, 0.5) is 13.2 Å². The number of nitrogens with one attached hydrogen (secondary N) is 1. The number of alkyl halides is 3. The predicted octanol–water partition coefficient (Wildman–Crippen LogP) is 3.22. The molecular weight excluding hydrogens is 429 g/mol. The molecule has 0 unspecified atom stereocenters. The number of thiazole rings is 1. The smallest absolute Gasteiger partial charge is 0.464 e. The number of nitrogens with zero attached hydrogens (tertiary/aromatic N) is 1. The Labute approximate surface area is 164 Å². The van der Waals surface area contributed by atoms with Crippen molar-refractivity contribution < 1.29 is 27.4 Å². The van der Waals surface area contributed by atoms with Crippen LogP contribution in [0.1, 0.15) is 0 Å². The lowest BCUT2D eigenvalue weighted by Crippen LogP contribution is -2.30. The average molecular weight is 441 g/mol. The highest BCUT2D eigenvalue weighted by molar-refractivity contribution is 8.04. The van der Waals surface area contributed by atoms with Crippen molar-refractivity contribution in [1.82, 2.24) is 10.4 Å². The van der Waals surface area contributed by atoms with E-state index in [4.69, 9.17) is 23.2 Å². The van der Waals surface area contributed by atoms with Gasteiger partial charge in [0.2, 0.25) is 0 Å². The maximum atomic E-state index is 12.3. The molecule has 0 radical (unpaired) electrons. The SMILES string of the molecule is COC(=O)/C(NN)=C(/N)Sc1nc(-c2ccc(OC(F)(F)F)c(Cl)c2)cs1. The second-order valence-corrected chi connectivity index (χ2v) is 7.22. The fourth-order valence-electron chi connectivity index (χ4n) is 1.78. The molecule has 2 aromatic rings. The van der Waals surface area contributed by atoms with Crippen LogP contribution in [0.5, 0.6) is 5.75 Å². The summed E-state index contributed by atoms with van der Waals surface area (Å²) in [6, 6.07) is 3.78. The molecule has 13 heteroatoms. The molecule has 0 spiro atoms. The zero-order chi connectivity index (χ0) is 20.2. The number of aromatic nitrogens is 1. The highest BCUT2D eigenvalue weighted by Gasteiger charge is 2.32. The molecule has 0 saturated carbocycles. The number of esters is 1. The molecule has 0 amide bonds. The lowest BCUT2D eigenvalue weighted by molar-refractivity contribution is -0.274. The first kappa shape index (κ1) is 21.2. The van der Waals surface area contributed by atoms with Gasteiger partial charge in [0, 0.05) is 10.9 Å². The first-order valence-electron chi connectivity index (χ1n) is 6.88. The van der Waals surface area contributed by atoms with Crippen LogP contribution in [0, 0.1) is 0 Å². The van der Waals surface area contributed by atoms with Crippen LogP contribution in [-0.2, 0) is 9.53 Å². The highest BCUT2D eigenvalue weighted by Crippen LogP contribution is 2.36. The average Bonchev–Trinajstić information content (AvgIpc) is 3.04.